The van der Waals surface area contributed by atoms with Crippen molar-refractivity contribution in [3.63, 3.8) is 0 Å². The second kappa shape index (κ2) is 54.0. The van der Waals surface area contributed by atoms with E-state index in [9.17, 15) is 34.7 Å². The highest BCUT2D eigenvalue weighted by Gasteiger charge is 2.14. The van der Waals surface area contributed by atoms with Crippen LogP contribution in [0.1, 0.15) is 0 Å². The van der Waals surface area contributed by atoms with Crippen LogP contribution in [0, 0.1) is 36.2 Å². The summed E-state index contributed by atoms with van der Waals surface area (Å²) in [6, 6.07) is 30.2. The lowest BCUT2D eigenvalue weighted by atomic mass is 10.2. The van der Waals surface area contributed by atoms with Gasteiger partial charge in [-0.15, -0.1) is 0 Å². The SMILES string of the molecule is Nc1cc(F)ccc1[N+](=O)[O-].Nc1cc(OCCOCCOCCOCCOCCOc2ccc([N+](=O)[O-])c(N)c2)ccc1[N+](=O)[O-].Nc1nc2ccc(OCCOCCOCCOCCOCCOc3ccc4nc(N)[nH]c4c3)cc2[nH]1.Nc1nc2ccccc2[nH]1.OCCOCCOCCOCCOCCO. The Balaban J connectivity index is 0.000000269. The van der Waals surface area contributed by atoms with Crippen molar-refractivity contribution >= 4 is 85.1 Å². The Bertz CT molecular complexity index is 3790. The van der Waals surface area contributed by atoms with Gasteiger partial charge >= 0.3 is 0 Å². The topological polar surface area (TPSA) is 560 Å². The first-order valence-electron chi connectivity index (χ1n) is 34.1. The smallest absolute Gasteiger partial charge is 0.292 e. The number of nitrogen functional groups attached to an aromatic ring is 6. The van der Waals surface area contributed by atoms with E-state index in [1.807, 2.05) is 60.7 Å². The molecule has 109 heavy (non-hydrogen) atoms. The van der Waals surface area contributed by atoms with Crippen molar-refractivity contribution in [2.45, 2.75) is 0 Å². The number of halogens is 1. The van der Waals surface area contributed by atoms with E-state index >= 15 is 0 Å². The summed E-state index contributed by atoms with van der Waals surface area (Å²) in [5.41, 5.74) is 37.6. The number of nitrogens with one attached hydrogen (secondary N) is 3. The molecule has 0 radical (unpaired) electrons. The minimum atomic E-state index is -0.658. The Kier molecular flexibility index (Phi) is 44.0. The fraction of sp³-hybridized carbons (Fsp3) is 0.435. The van der Waals surface area contributed by atoms with Crippen molar-refractivity contribution in [1.29, 1.82) is 0 Å². The zero-order valence-corrected chi connectivity index (χ0v) is 60.1. The van der Waals surface area contributed by atoms with Gasteiger partial charge < -0.3 is 135 Å². The Morgan fingerprint density at radius 2 is 0.560 bits per heavy atom. The Morgan fingerprint density at radius 3 is 0.844 bits per heavy atom. The van der Waals surface area contributed by atoms with Crippen molar-refractivity contribution in [2.75, 3.05) is 233 Å². The van der Waals surface area contributed by atoms with Crippen LogP contribution in [0.5, 0.6) is 23.0 Å². The van der Waals surface area contributed by atoms with Gasteiger partial charge in [0.25, 0.3) is 17.1 Å². The normalized spacial score (nSPS) is 10.9. The number of aliphatic hydroxyl groups excluding tert-OH is 2. The summed E-state index contributed by atoms with van der Waals surface area (Å²) < 4.78 is 98.4. The number of hydrogen-bond donors (Lipinski definition) is 11. The molecule has 0 amide bonds. The average Bonchev–Trinajstić information content (AvgIpc) is 1.67. The predicted octanol–water partition coefficient (Wildman–Crippen LogP) is 5.82. The van der Waals surface area contributed by atoms with Gasteiger partial charge in [-0.3, -0.25) is 30.3 Å². The summed E-state index contributed by atoms with van der Waals surface area (Å²) in [5.74, 6) is 3.00. The van der Waals surface area contributed by atoms with Crippen molar-refractivity contribution in [2.24, 2.45) is 0 Å². The predicted molar refractivity (Wildman–Crippen MR) is 400 cm³/mol. The zero-order valence-electron chi connectivity index (χ0n) is 60.1. The molecule has 9 aromatic rings. The van der Waals surface area contributed by atoms with E-state index in [1.165, 1.54) is 36.4 Å². The summed E-state index contributed by atoms with van der Waals surface area (Å²) >= 11 is 0. The summed E-state index contributed by atoms with van der Waals surface area (Å²) in [4.78, 5) is 51.0. The summed E-state index contributed by atoms with van der Waals surface area (Å²) in [6.07, 6.45) is 0. The van der Waals surface area contributed by atoms with Crippen molar-refractivity contribution in [3.05, 3.63) is 151 Å². The second-order valence-electron chi connectivity index (χ2n) is 21.8. The third-order valence-electron chi connectivity index (χ3n) is 13.7. The van der Waals surface area contributed by atoms with Crippen molar-refractivity contribution in [1.82, 2.24) is 29.9 Å². The first-order chi connectivity index (χ1) is 52.9. The van der Waals surface area contributed by atoms with Crippen molar-refractivity contribution in [3.8, 4) is 23.0 Å². The van der Waals surface area contributed by atoms with E-state index in [0.717, 1.165) is 62.8 Å². The van der Waals surface area contributed by atoms with Gasteiger partial charge in [-0.2, -0.15) is 0 Å². The van der Waals surface area contributed by atoms with Crippen LogP contribution in [-0.2, 0) is 56.8 Å². The molecule has 0 aliphatic rings. The number of H-pyrrole nitrogens is 3. The number of para-hydroxylation sites is 2. The molecule has 9 rings (SSSR count). The monoisotopic (exact) mass is 1540 g/mol. The summed E-state index contributed by atoms with van der Waals surface area (Å²) in [5, 5.41) is 48.4. The number of nitro benzene ring substituents is 3. The molecule has 0 aliphatic carbocycles. The highest BCUT2D eigenvalue weighted by molar-refractivity contribution is 5.80. The first-order valence-corrected chi connectivity index (χ1v) is 34.1. The molecule has 3 aromatic heterocycles. The van der Waals surface area contributed by atoms with E-state index < -0.39 is 20.6 Å². The van der Waals surface area contributed by atoms with Gasteiger partial charge in [0, 0.05) is 48.5 Å². The molecule has 0 unspecified atom stereocenters. The van der Waals surface area contributed by atoms with Gasteiger partial charge in [0.05, 0.1) is 220 Å². The molecular weight excluding hydrogens is 1440 g/mol. The minimum absolute atomic E-state index is 0.0386. The Hall–Kier alpha value is -10.7. The number of aliphatic hydroxyl groups is 2. The van der Waals surface area contributed by atoms with E-state index in [-0.39, 0.29) is 60.6 Å². The largest absolute Gasteiger partial charge is 0.491 e. The number of nitrogens with zero attached hydrogens (tertiary/aromatic N) is 6. The van der Waals surface area contributed by atoms with Crippen LogP contribution >= 0.6 is 0 Å². The molecule has 0 saturated heterocycles. The number of imidazole rings is 3. The zero-order chi connectivity index (χ0) is 78.5. The maximum atomic E-state index is 12.3. The van der Waals surface area contributed by atoms with Crippen LogP contribution in [-0.4, -0.2) is 253 Å². The average molecular weight is 1540 g/mol. The standard InChI is InChI=1S/C24H32N6O6.C22H30N4O10.C10H22O6.C7H7N3.C6H5FN2O2/c25-23-27-19-3-1-17(15-21(19)29-23)35-13-11-33-9-7-31-5-6-32-8-10-34-12-14-36-18-2-4-20-22(16-18)30-24(26)28-20;23-19-15-17(1-3-21(19)25(27)28)35-13-11-33-9-7-31-5-6-32-8-10-34-12-14-36-18-2-4-22(26(29)30)20(24)16-18;11-1-3-13-5-7-15-9-10-16-8-6-14-4-2-12;8-7-9-5-3-1-2-4-6(5)10-7;7-4-1-2-6(9(10)11)5(8)3-4/h1-4,15-16H,5-14H2,(H3,25,27,29)(H3,26,28,30);1-4,15-16H,5-14,23-24H2;11-12H,1-10H2;1-4H,(H3,8,9,10);1-3H,8H2. The van der Waals surface area contributed by atoms with Crippen LogP contribution in [0.3, 0.4) is 0 Å². The van der Waals surface area contributed by atoms with Crippen LogP contribution in [0.25, 0.3) is 33.1 Å². The molecule has 40 heteroatoms. The molecule has 0 fully saturated rings. The Morgan fingerprint density at radius 1 is 0.312 bits per heavy atom. The number of fused-ring (bicyclic) bond motifs is 3. The molecule has 6 aromatic carbocycles. The molecule has 0 aliphatic heterocycles. The molecule has 598 valence electrons. The van der Waals surface area contributed by atoms with Gasteiger partial charge in [-0.05, 0) is 54.6 Å². The van der Waals surface area contributed by atoms with E-state index in [1.54, 1.807) is 0 Å². The second-order valence-corrected chi connectivity index (χ2v) is 21.8. The molecule has 39 nitrogen and oxygen atoms in total. The molecule has 0 saturated carbocycles. The van der Waals surface area contributed by atoms with Gasteiger partial charge in [0.2, 0.25) is 0 Å². The number of ether oxygens (including phenoxy) is 16. The number of rotatable bonds is 50. The maximum absolute atomic E-state index is 12.3. The third-order valence-corrected chi connectivity index (χ3v) is 13.7. The summed E-state index contributed by atoms with van der Waals surface area (Å²) in [7, 11) is 0. The number of benzene rings is 6. The van der Waals surface area contributed by atoms with Crippen LogP contribution in [0.2, 0.25) is 0 Å². The van der Waals surface area contributed by atoms with E-state index in [0.29, 0.717) is 201 Å². The highest BCUT2D eigenvalue weighted by Crippen LogP contribution is 2.28. The summed E-state index contributed by atoms with van der Waals surface area (Å²) in [6.45, 7) is 12.2. The number of aromatic nitrogens is 6. The molecule has 0 spiro atoms. The minimum Gasteiger partial charge on any atom is -0.491 e. The lowest BCUT2D eigenvalue weighted by Gasteiger charge is -2.09. The number of nitro groups is 3. The van der Waals surface area contributed by atoms with Crippen molar-refractivity contribution < 1.29 is 105 Å². The molecule has 0 atom stereocenters. The Labute approximate surface area is 625 Å². The van der Waals surface area contributed by atoms with Gasteiger partial charge in [0.15, 0.2) is 17.8 Å². The fourth-order valence-corrected chi connectivity index (χ4v) is 8.73. The fourth-order valence-electron chi connectivity index (χ4n) is 8.73. The highest BCUT2D eigenvalue weighted by atomic mass is 19.1. The van der Waals surface area contributed by atoms with Crippen LogP contribution in [0.15, 0.2) is 115 Å². The number of nitrogens with two attached hydrogens (primary N) is 6. The molecule has 3 heterocycles. The van der Waals surface area contributed by atoms with Gasteiger partial charge in [-0.1, -0.05) is 12.1 Å². The number of hydrogen-bond acceptors (Lipinski definition) is 33. The van der Waals surface area contributed by atoms with Crippen LogP contribution in [0.4, 0.5) is 56.4 Å². The molecule has 0 bridgehead atoms. The van der Waals surface area contributed by atoms with Gasteiger partial charge in [0.1, 0.15) is 72.3 Å². The number of aromatic amines is 3. The van der Waals surface area contributed by atoms with Crippen LogP contribution < -0.4 is 53.3 Å². The first kappa shape index (κ1) is 88.9. The molecule has 17 N–H and O–H groups in total. The lowest BCUT2D eigenvalue weighted by Crippen LogP contribution is -2.14. The third kappa shape index (κ3) is 38.1. The van der Waals surface area contributed by atoms with Gasteiger partial charge in [-0.25, -0.2) is 19.3 Å². The molecular formula is C69H96FN15O24. The van der Waals surface area contributed by atoms with E-state index in [4.69, 9.17) is 120 Å². The number of anilines is 6. The quantitative estimate of drug-likeness (QED) is 0.00926. The lowest BCUT2D eigenvalue weighted by molar-refractivity contribution is -0.384. The van der Waals surface area contributed by atoms with E-state index in [2.05, 4.69) is 29.9 Å². The maximum Gasteiger partial charge on any atom is 0.292 e.